The van der Waals surface area contributed by atoms with Crippen molar-refractivity contribution in [2.75, 3.05) is 6.54 Å². The molecule has 0 saturated heterocycles. The third-order valence-electron chi connectivity index (χ3n) is 2.23. The molecule has 3 atom stereocenters. The van der Waals surface area contributed by atoms with Crippen LogP contribution >= 0.6 is 0 Å². The predicted octanol–water partition coefficient (Wildman–Crippen LogP) is -1.58. The molecule has 1 radical (unpaired) electrons. The van der Waals surface area contributed by atoms with Crippen LogP contribution in [0.3, 0.4) is 0 Å². The second-order valence-corrected chi connectivity index (χ2v) is 3.73. The largest absolute Gasteiger partial charge is 0.391 e. The topological polar surface area (TPSA) is 118 Å². The van der Waals surface area contributed by atoms with Gasteiger partial charge in [0.15, 0.2) is 0 Å². The molecule has 0 aromatic carbocycles. The van der Waals surface area contributed by atoms with Gasteiger partial charge in [-0.25, -0.2) is 0 Å². The highest BCUT2D eigenvalue weighted by atomic mass is 16.3. The number of unbranched alkanes of at least 4 members (excludes halogenated alkanes) is 1. The molecule has 6 nitrogen and oxygen atoms in total. The van der Waals surface area contributed by atoms with Gasteiger partial charge in [0.1, 0.15) is 6.04 Å². The van der Waals surface area contributed by atoms with Crippen molar-refractivity contribution < 1.29 is 14.7 Å². The number of amides is 1. The summed E-state index contributed by atoms with van der Waals surface area (Å²) in [6.45, 7) is 1.96. The first-order valence-corrected chi connectivity index (χ1v) is 5.34. The van der Waals surface area contributed by atoms with Crippen LogP contribution in [0.25, 0.3) is 0 Å². The van der Waals surface area contributed by atoms with E-state index >= 15 is 0 Å². The van der Waals surface area contributed by atoms with Gasteiger partial charge in [-0.15, -0.1) is 0 Å². The number of rotatable bonds is 8. The Morgan fingerprint density at radius 1 is 1.50 bits per heavy atom. The summed E-state index contributed by atoms with van der Waals surface area (Å²) < 4.78 is 0. The van der Waals surface area contributed by atoms with Gasteiger partial charge in [0, 0.05) is 0 Å². The van der Waals surface area contributed by atoms with Crippen molar-refractivity contribution in [3.63, 3.8) is 0 Å². The molecule has 16 heavy (non-hydrogen) atoms. The number of nitrogens with one attached hydrogen (secondary N) is 1. The van der Waals surface area contributed by atoms with Crippen LogP contribution in [-0.4, -0.2) is 42.0 Å². The predicted molar refractivity (Wildman–Crippen MR) is 60.2 cm³/mol. The first-order chi connectivity index (χ1) is 7.52. The summed E-state index contributed by atoms with van der Waals surface area (Å²) >= 11 is 0. The Kier molecular flexibility index (Phi) is 7.70. The zero-order valence-electron chi connectivity index (χ0n) is 9.48. The molecule has 93 valence electrons. The average Bonchev–Trinajstić information content (AvgIpc) is 2.26. The van der Waals surface area contributed by atoms with Gasteiger partial charge in [-0.1, -0.05) is 0 Å². The van der Waals surface area contributed by atoms with Crippen LogP contribution in [0.5, 0.6) is 0 Å². The molecule has 3 unspecified atom stereocenters. The monoisotopic (exact) mass is 230 g/mol. The summed E-state index contributed by atoms with van der Waals surface area (Å²) in [4.78, 5) is 21.9. The number of hydrogen-bond acceptors (Lipinski definition) is 5. The van der Waals surface area contributed by atoms with Crippen molar-refractivity contribution in [3.05, 3.63) is 0 Å². The normalized spacial score (nSPS) is 16.2. The molecule has 6 N–H and O–H groups in total. The minimum absolute atomic E-state index is 0.485. The third kappa shape index (κ3) is 5.79. The van der Waals surface area contributed by atoms with E-state index in [9.17, 15) is 9.59 Å². The van der Waals surface area contributed by atoms with E-state index in [4.69, 9.17) is 16.6 Å². The molecule has 0 heterocycles. The molecule has 0 rings (SSSR count). The van der Waals surface area contributed by atoms with Gasteiger partial charge in [-0.05, 0) is 32.7 Å². The third-order valence-corrected chi connectivity index (χ3v) is 2.23. The summed E-state index contributed by atoms with van der Waals surface area (Å²) in [5.41, 5.74) is 10.7. The number of nitrogens with two attached hydrogens (primary N) is 2. The van der Waals surface area contributed by atoms with E-state index in [-0.39, 0.29) is 0 Å². The van der Waals surface area contributed by atoms with Gasteiger partial charge in [0.25, 0.3) is 0 Å². The van der Waals surface area contributed by atoms with Crippen molar-refractivity contribution in [1.82, 2.24) is 5.32 Å². The van der Waals surface area contributed by atoms with Crippen molar-refractivity contribution in [1.29, 1.82) is 0 Å². The van der Waals surface area contributed by atoms with Crippen LogP contribution in [0.1, 0.15) is 26.2 Å². The standard InChI is InChI=1S/C10H20N3O3/c1-7(15)9(12)10(16)13-8(6-14)4-2-3-5-11/h7-9,15H,2-5,11-12H2,1H3,(H,13,16). The summed E-state index contributed by atoms with van der Waals surface area (Å²) in [5.74, 6) is -0.545. The fourth-order valence-corrected chi connectivity index (χ4v) is 1.14. The molecule has 1 amide bonds. The van der Waals surface area contributed by atoms with E-state index in [1.807, 2.05) is 0 Å². The molecule has 0 aromatic heterocycles. The van der Waals surface area contributed by atoms with E-state index in [0.29, 0.717) is 13.0 Å². The van der Waals surface area contributed by atoms with Crippen LogP contribution in [-0.2, 0) is 9.59 Å². The highest BCUT2D eigenvalue weighted by Gasteiger charge is 2.21. The first kappa shape index (κ1) is 15.0. The van der Waals surface area contributed by atoms with Crippen LogP contribution in [0.2, 0.25) is 0 Å². The second-order valence-electron chi connectivity index (χ2n) is 3.73. The summed E-state index contributed by atoms with van der Waals surface area (Å²) in [6.07, 6.45) is 2.79. The van der Waals surface area contributed by atoms with Gasteiger partial charge in [0.2, 0.25) is 12.2 Å². The van der Waals surface area contributed by atoms with Gasteiger partial charge in [0.05, 0.1) is 12.1 Å². The van der Waals surface area contributed by atoms with Gasteiger partial charge in [-0.3, -0.25) is 9.59 Å². The van der Waals surface area contributed by atoms with Crippen LogP contribution in [0.4, 0.5) is 0 Å². The summed E-state index contributed by atoms with van der Waals surface area (Å²) in [5, 5.41) is 11.5. The molecule has 6 heteroatoms. The Morgan fingerprint density at radius 2 is 2.12 bits per heavy atom. The molecule has 0 aliphatic rings. The van der Waals surface area contributed by atoms with Crippen molar-refractivity contribution in [2.24, 2.45) is 11.5 Å². The highest BCUT2D eigenvalue weighted by molar-refractivity contribution is 5.84. The summed E-state index contributed by atoms with van der Waals surface area (Å²) in [6, 6.07) is -1.70. The molecule has 0 saturated carbocycles. The second kappa shape index (κ2) is 8.20. The molecular weight excluding hydrogens is 210 g/mol. The molecule has 0 bridgehead atoms. The Balaban J connectivity index is 4.01. The van der Waals surface area contributed by atoms with Gasteiger partial charge >= 0.3 is 0 Å². The van der Waals surface area contributed by atoms with E-state index in [1.54, 1.807) is 6.29 Å². The molecule has 0 spiro atoms. The number of aliphatic hydroxyl groups is 1. The van der Waals surface area contributed by atoms with E-state index in [0.717, 1.165) is 12.8 Å². The lowest BCUT2D eigenvalue weighted by Gasteiger charge is -2.17. The molecule has 0 aliphatic carbocycles. The summed E-state index contributed by atoms with van der Waals surface area (Å²) in [7, 11) is 0. The number of hydrogen-bond donors (Lipinski definition) is 4. The lowest BCUT2D eigenvalue weighted by Crippen LogP contribution is -2.50. The molecular formula is C10H20N3O3. The number of carbonyl (C=O) groups excluding carboxylic acids is 2. The SMILES string of the molecule is CC(O)C(N)C(=O)NC([C]=O)CCCCN. The van der Waals surface area contributed by atoms with Crippen LogP contribution in [0, 0.1) is 0 Å². The van der Waals surface area contributed by atoms with E-state index in [1.165, 1.54) is 6.92 Å². The van der Waals surface area contributed by atoms with E-state index < -0.39 is 24.1 Å². The molecule has 0 aromatic rings. The molecule has 0 fully saturated rings. The van der Waals surface area contributed by atoms with Gasteiger partial charge in [-0.2, -0.15) is 0 Å². The van der Waals surface area contributed by atoms with Crippen LogP contribution in [0.15, 0.2) is 0 Å². The Labute approximate surface area is 95.4 Å². The zero-order chi connectivity index (χ0) is 12.6. The minimum atomic E-state index is -1.02. The van der Waals surface area contributed by atoms with E-state index in [2.05, 4.69) is 5.32 Å². The van der Waals surface area contributed by atoms with Crippen molar-refractivity contribution >= 4 is 12.2 Å². The zero-order valence-corrected chi connectivity index (χ0v) is 9.48. The Bertz CT molecular complexity index is 221. The Morgan fingerprint density at radius 3 is 2.56 bits per heavy atom. The fourth-order valence-electron chi connectivity index (χ4n) is 1.14. The lowest BCUT2D eigenvalue weighted by molar-refractivity contribution is -0.124. The molecule has 0 aliphatic heterocycles. The maximum absolute atomic E-state index is 11.4. The average molecular weight is 230 g/mol. The maximum atomic E-state index is 11.4. The minimum Gasteiger partial charge on any atom is -0.391 e. The smallest absolute Gasteiger partial charge is 0.240 e. The first-order valence-electron chi connectivity index (χ1n) is 5.34. The highest BCUT2D eigenvalue weighted by Crippen LogP contribution is 1.99. The fraction of sp³-hybridized carbons (Fsp3) is 0.800. The van der Waals surface area contributed by atoms with Crippen LogP contribution < -0.4 is 16.8 Å². The van der Waals surface area contributed by atoms with Crippen molar-refractivity contribution in [2.45, 2.75) is 44.4 Å². The number of aliphatic hydroxyl groups excluding tert-OH is 1. The lowest BCUT2D eigenvalue weighted by atomic mass is 10.1. The quantitative estimate of drug-likeness (QED) is 0.375. The van der Waals surface area contributed by atoms with Crippen molar-refractivity contribution in [3.8, 4) is 0 Å². The number of carbonyl (C=O) groups is 1. The Hall–Kier alpha value is -0.980. The maximum Gasteiger partial charge on any atom is 0.240 e. The van der Waals surface area contributed by atoms with Gasteiger partial charge < -0.3 is 21.9 Å².